The summed E-state index contributed by atoms with van der Waals surface area (Å²) in [5, 5.41) is 19.0. The number of esters is 1. The van der Waals surface area contributed by atoms with Gasteiger partial charge in [-0.05, 0) is 50.7 Å². The third kappa shape index (κ3) is 4.84. The van der Waals surface area contributed by atoms with Crippen molar-refractivity contribution < 1.29 is 24.2 Å². The Bertz CT molecular complexity index is 1380. The van der Waals surface area contributed by atoms with Gasteiger partial charge in [0.2, 0.25) is 11.8 Å². The number of carbonyl (C=O) groups excluding carboxylic acids is 3. The Balaban J connectivity index is 1.54. The number of hydrogen-bond donors (Lipinski definition) is 1. The minimum Gasteiger partial charge on any atom is -0.465 e. The molecule has 1 aromatic heterocycles. The van der Waals surface area contributed by atoms with Crippen molar-refractivity contribution >= 4 is 40.6 Å². The molecule has 1 spiro atoms. The molecule has 3 aliphatic heterocycles. The molecule has 2 unspecified atom stereocenters. The summed E-state index contributed by atoms with van der Waals surface area (Å²) < 4.78 is 6.03. The summed E-state index contributed by atoms with van der Waals surface area (Å²) >= 11 is 1.59. The molecule has 3 aliphatic rings. The molecule has 0 aliphatic carbocycles. The Kier molecular flexibility index (Phi) is 8.53. The lowest BCUT2D eigenvalue weighted by Gasteiger charge is -2.40. The lowest BCUT2D eigenvalue weighted by Crippen LogP contribution is -2.58. The van der Waals surface area contributed by atoms with Crippen molar-refractivity contribution in [1.29, 1.82) is 0 Å². The number of unbranched alkanes of at least 4 members (excludes halogenated alkanes) is 1. The average molecular weight is 596 g/mol. The summed E-state index contributed by atoms with van der Waals surface area (Å²) in [4.78, 5) is 46.1. The second kappa shape index (κ2) is 11.8. The van der Waals surface area contributed by atoms with E-state index in [1.807, 2.05) is 45.0 Å². The number of amides is 2. The third-order valence-corrected chi connectivity index (χ3v) is 11.2. The van der Waals surface area contributed by atoms with Crippen molar-refractivity contribution in [2.45, 2.75) is 74.7 Å². The number of nitrogens with zero attached hydrogens (tertiary/aromatic N) is 5. The van der Waals surface area contributed by atoms with Crippen molar-refractivity contribution in [2.75, 3.05) is 19.8 Å². The maximum Gasteiger partial charge on any atom is 0.311 e. The van der Waals surface area contributed by atoms with Gasteiger partial charge in [0, 0.05) is 11.3 Å². The molecule has 11 heteroatoms. The van der Waals surface area contributed by atoms with Crippen LogP contribution in [-0.4, -0.2) is 89.0 Å². The molecule has 1 N–H and O–H groups in total. The fourth-order valence-corrected chi connectivity index (χ4v) is 9.52. The first-order valence-electron chi connectivity index (χ1n) is 14.7. The van der Waals surface area contributed by atoms with E-state index in [1.165, 1.54) is 0 Å². The highest BCUT2D eigenvalue weighted by atomic mass is 32.2. The standard InChI is InChI=1S/C31H41N5O5S/c1-6-8-11-17-41-29(40)25-24-27(38)36(23(18-37)20(3)4)26(31(24)15-14-30(25,5)42-31)28(39)34(16-7-2)19-35-22-13-10-9-12-21(22)32-33-35/h6-7,9-10,12-13,20,23-26,37H,1-2,8,11,14-19H2,3-5H3/t23-,24-,25+,26?,30-,31?/m0/s1. The number of aliphatic hydroxyl groups is 1. The van der Waals surface area contributed by atoms with Crippen LogP contribution in [-0.2, 0) is 25.8 Å². The number of likely N-dealkylation sites (tertiary alicyclic amines) is 1. The van der Waals surface area contributed by atoms with Gasteiger partial charge in [-0.1, -0.05) is 43.3 Å². The number of rotatable bonds is 13. The summed E-state index contributed by atoms with van der Waals surface area (Å²) in [6.07, 6.45) is 6.13. The van der Waals surface area contributed by atoms with Gasteiger partial charge < -0.3 is 19.6 Å². The number of carbonyl (C=O) groups is 3. The Morgan fingerprint density at radius 3 is 2.71 bits per heavy atom. The van der Waals surface area contributed by atoms with Crippen LogP contribution in [0.15, 0.2) is 49.6 Å². The number of thioether (sulfide) groups is 1. The monoisotopic (exact) mass is 595 g/mol. The van der Waals surface area contributed by atoms with Crippen molar-refractivity contribution in [3.05, 3.63) is 49.6 Å². The van der Waals surface area contributed by atoms with Gasteiger partial charge >= 0.3 is 5.97 Å². The van der Waals surface area contributed by atoms with Crippen molar-refractivity contribution in [1.82, 2.24) is 24.8 Å². The molecule has 2 bridgehead atoms. The number of benzene rings is 1. The molecule has 42 heavy (non-hydrogen) atoms. The number of hydrogen-bond acceptors (Lipinski definition) is 8. The van der Waals surface area contributed by atoms with Crippen LogP contribution < -0.4 is 0 Å². The number of allylic oxidation sites excluding steroid dienone is 1. The van der Waals surface area contributed by atoms with E-state index >= 15 is 0 Å². The van der Waals surface area contributed by atoms with Crippen LogP contribution in [0.5, 0.6) is 0 Å². The summed E-state index contributed by atoms with van der Waals surface area (Å²) in [7, 11) is 0. The van der Waals surface area contributed by atoms with E-state index in [4.69, 9.17) is 4.74 Å². The van der Waals surface area contributed by atoms with Gasteiger partial charge in [0.1, 0.15) is 18.2 Å². The van der Waals surface area contributed by atoms with Crippen molar-refractivity contribution in [3.8, 4) is 0 Å². The Labute approximate surface area is 251 Å². The smallest absolute Gasteiger partial charge is 0.311 e. The van der Waals surface area contributed by atoms with Crippen LogP contribution in [0, 0.1) is 17.8 Å². The fourth-order valence-electron chi connectivity index (χ4n) is 7.20. The van der Waals surface area contributed by atoms with Crippen LogP contribution in [0.3, 0.4) is 0 Å². The maximum atomic E-state index is 14.7. The molecule has 2 amide bonds. The molecule has 0 saturated carbocycles. The lowest BCUT2D eigenvalue weighted by atomic mass is 9.66. The van der Waals surface area contributed by atoms with E-state index in [9.17, 15) is 19.5 Å². The molecule has 10 nitrogen and oxygen atoms in total. The third-order valence-electron chi connectivity index (χ3n) is 9.20. The second-order valence-electron chi connectivity index (χ2n) is 12.1. The molecule has 4 heterocycles. The normalized spacial score (nSPS) is 28.7. The van der Waals surface area contributed by atoms with E-state index < -0.39 is 33.4 Å². The van der Waals surface area contributed by atoms with E-state index in [2.05, 4.69) is 23.5 Å². The van der Waals surface area contributed by atoms with Gasteiger partial charge in [-0.2, -0.15) is 0 Å². The molecule has 1 aromatic carbocycles. The van der Waals surface area contributed by atoms with Crippen molar-refractivity contribution in [2.24, 2.45) is 17.8 Å². The molecule has 3 saturated heterocycles. The van der Waals surface area contributed by atoms with Crippen LogP contribution in [0.25, 0.3) is 11.0 Å². The molecular weight excluding hydrogens is 554 g/mol. The first kappa shape index (κ1) is 30.3. The molecular formula is C31H41N5O5S. The van der Waals surface area contributed by atoms with Gasteiger partial charge in [0.25, 0.3) is 0 Å². The van der Waals surface area contributed by atoms with E-state index in [0.717, 1.165) is 11.9 Å². The average Bonchev–Trinajstić information content (AvgIpc) is 3.67. The zero-order chi connectivity index (χ0) is 30.2. The predicted octanol–water partition coefficient (Wildman–Crippen LogP) is 3.41. The van der Waals surface area contributed by atoms with Gasteiger partial charge in [-0.25, -0.2) is 4.68 Å². The Morgan fingerprint density at radius 2 is 2.02 bits per heavy atom. The van der Waals surface area contributed by atoms with Crippen LogP contribution >= 0.6 is 11.8 Å². The molecule has 226 valence electrons. The molecule has 0 radical (unpaired) electrons. The highest BCUT2D eigenvalue weighted by molar-refractivity contribution is 8.02. The highest BCUT2D eigenvalue weighted by Crippen LogP contribution is 2.72. The van der Waals surface area contributed by atoms with E-state index in [1.54, 1.807) is 38.4 Å². The van der Waals surface area contributed by atoms with Gasteiger partial charge in [-0.15, -0.1) is 30.0 Å². The van der Waals surface area contributed by atoms with Crippen LogP contribution in [0.2, 0.25) is 0 Å². The SMILES string of the molecule is C=CCCCOC(=O)[C@H]1[C@H]2C(=O)N([C@@H](CO)C(C)C)C(C(=O)N(CC=C)Cn3nnc4ccccc43)C23CC[C@]1(C)S3. The lowest BCUT2D eigenvalue weighted by molar-refractivity contribution is -0.156. The number of aliphatic hydroxyl groups excluding tert-OH is 1. The first-order chi connectivity index (χ1) is 20.1. The number of aromatic nitrogens is 3. The van der Waals surface area contributed by atoms with E-state index in [-0.39, 0.29) is 50.1 Å². The zero-order valence-corrected chi connectivity index (χ0v) is 25.5. The van der Waals surface area contributed by atoms with Gasteiger partial charge in [0.15, 0.2) is 0 Å². The van der Waals surface area contributed by atoms with Crippen LogP contribution in [0.4, 0.5) is 0 Å². The first-order valence-corrected chi connectivity index (χ1v) is 15.5. The van der Waals surface area contributed by atoms with Crippen molar-refractivity contribution in [3.63, 3.8) is 0 Å². The summed E-state index contributed by atoms with van der Waals surface area (Å²) in [6, 6.07) is 6.08. The largest absolute Gasteiger partial charge is 0.465 e. The molecule has 3 fully saturated rings. The fraction of sp³-hybridized carbons (Fsp3) is 0.581. The number of fused-ring (bicyclic) bond motifs is 2. The molecule has 5 rings (SSSR count). The number of ether oxygens (including phenoxy) is 1. The zero-order valence-electron chi connectivity index (χ0n) is 24.6. The summed E-state index contributed by atoms with van der Waals surface area (Å²) in [5.41, 5.74) is 1.50. The summed E-state index contributed by atoms with van der Waals surface area (Å²) in [5.74, 6) is -2.39. The topological polar surface area (TPSA) is 118 Å². The maximum absolute atomic E-state index is 14.7. The molecule has 6 atom stereocenters. The quantitative estimate of drug-likeness (QED) is 0.213. The Hall–Kier alpha value is -3.18. The number of para-hydroxylation sites is 1. The minimum absolute atomic E-state index is 0.112. The summed E-state index contributed by atoms with van der Waals surface area (Å²) in [6.45, 7) is 13.8. The Morgan fingerprint density at radius 1 is 1.26 bits per heavy atom. The highest BCUT2D eigenvalue weighted by Gasteiger charge is 2.78. The van der Waals surface area contributed by atoms with Gasteiger partial charge in [0.05, 0.1) is 41.4 Å². The van der Waals surface area contributed by atoms with E-state index in [0.29, 0.717) is 24.8 Å². The van der Waals surface area contributed by atoms with Crippen LogP contribution in [0.1, 0.15) is 46.5 Å². The molecule has 2 aromatic rings. The predicted molar refractivity (Wildman–Crippen MR) is 161 cm³/mol. The van der Waals surface area contributed by atoms with Gasteiger partial charge in [-0.3, -0.25) is 14.4 Å². The second-order valence-corrected chi connectivity index (χ2v) is 14.0. The minimum atomic E-state index is -0.866.